The molecule has 3 rings (SSSR count). The molecule has 0 spiro atoms. The number of thiazole rings is 1. The highest BCUT2D eigenvalue weighted by molar-refractivity contribution is 9.10. The van der Waals surface area contributed by atoms with E-state index in [2.05, 4.69) is 26.2 Å². The molecule has 0 aliphatic heterocycles. The van der Waals surface area contributed by atoms with Gasteiger partial charge in [-0.15, -0.1) is 0 Å². The van der Waals surface area contributed by atoms with E-state index in [0.29, 0.717) is 16.4 Å². The van der Waals surface area contributed by atoms with E-state index in [-0.39, 0.29) is 4.90 Å². The molecule has 3 aromatic rings. The number of nitrogens with zero attached hydrogens (tertiary/aromatic N) is 1. The van der Waals surface area contributed by atoms with Crippen molar-refractivity contribution in [3.63, 3.8) is 0 Å². The zero-order valence-corrected chi connectivity index (χ0v) is 18.0. The average molecular weight is 469 g/mol. The Bertz CT molecular complexity index is 1110. The maximum absolute atomic E-state index is 13.0. The molecule has 0 atom stereocenters. The molecule has 0 unspecified atom stereocenters. The van der Waals surface area contributed by atoms with Gasteiger partial charge in [0.15, 0.2) is 15.0 Å². The topological polar surface area (TPSA) is 85.4 Å². The number of anilines is 1. The standard InChI is InChI=1S/C18H17BrN2O4S2/c1-18(2,27(23,24)12-9-7-11(19)8-10-12)16(22)21-17-20-15-13(25-3)5-4-6-14(15)26-17/h4-10H,1-3H3,(H,20,21,22). The lowest BCUT2D eigenvalue weighted by atomic mass is 10.2. The fourth-order valence-electron chi connectivity index (χ4n) is 2.42. The molecule has 6 nitrogen and oxygen atoms in total. The molecule has 1 amide bonds. The second kappa shape index (κ2) is 7.21. The first-order chi connectivity index (χ1) is 12.7. The third-order valence-corrected chi connectivity index (χ3v) is 8.05. The number of amides is 1. The number of hydrogen-bond acceptors (Lipinski definition) is 6. The second-order valence-corrected chi connectivity index (χ2v) is 10.7. The minimum absolute atomic E-state index is 0.0804. The van der Waals surface area contributed by atoms with E-state index >= 15 is 0 Å². The van der Waals surface area contributed by atoms with Gasteiger partial charge in [-0.25, -0.2) is 13.4 Å². The summed E-state index contributed by atoms with van der Waals surface area (Å²) in [4.78, 5) is 17.2. The quantitative estimate of drug-likeness (QED) is 0.604. The molecular formula is C18H17BrN2O4S2. The van der Waals surface area contributed by atoms with E-state index in [0.717, 1.165) is 9.17 Å². The molecule has 1 aromatic heterocycles. The van der Waals surface area contributed by atoms with Crippen molar-refractivity contribution in [1.82, 2.24) is 4.98 Å². The number of sulfone groups is 1. The van der Waals surface area contributed by atoms with Gasteiger partial charge >= 0.3 is 0 Å². The number of halogens is 1. The summed E-state index contributed by atoms with van der Waals surface area (Å²) >= 11 is 4.53. The Balaban J connectivity index is 1.91. The number of carbonyl (C=O) groups is 1. The van der Waals surface area contributed by atoms with Crippen LogP contribution in [0.3, 0.4) is 0 Å². The maximum atomic E-state index is 13.0. The fraction of sp³-hybridized carbons (Fsp3) is 0.222. The van der Waals surface area contributed by atoms with Gasteiger partial charge in [-0.05, 0) is 50.2 Å². The SMILES string of the molecule is COc1cccc2sc(NC(=O)C(C)(C)S(=O)(=O)c3ccc(Br)cc3)nc12. The average Bonchev–Trinajstić information content (AvgIpc) is 3.04. The molecule has 0 radical (unpaired) electrons. The fourth-order valence-corrected chi connectivity index (χ4v) is 4.94. The number of rotatable bonds is 5. The minimum atomic E-state index is -3.90. The van der Waals surface area contributed by atoms with Crippen molar-refractivity contribution in [3.8, 4) is 5.75 Å². The Kier molecular flexibility index (Phi) is 5.29. The largest absolute Gasteiger partial charge is 0.494 e. The predicted molar refractivity (Wildman–Crippen MR) is 110 cm³/mol. The number of hydrogen-bond donors (Lipinski definition) is 1. The number of carbonyl (C=O) groups excluding carboxylic acids is 1. The van der Waals surface area contributed by atoms with E-state index in [1.54, 1.807) is 25.3 Å². The van der Waals surface area contributed by atoms with Crippen LogP contribution in [0.2, 0.25) is 0 Å². The highest BCUT2D eigenvalue weighted by atomic mass is 79.9. The molecule has 0 saturated carbocycles. The van der Waals surface area contributed by atoms with Crippen LogP contribution in [0.5, 0.6) is 5.75 Å². The van der Waals surface area contributed by atoms with Crippen LogP contribution in [0.15, 0.2) is 51.8 Å². The first-order valence-electron chi connectivity index (χ1n) is 7.92. The van der Waals surface area contributed by atoms with E-state index < -0.39 is 20.5 Å². The van der Waals surface area contributed by atoms with E-state index in [1.807, 2.05) is 12.1 Å². The molecule has 2 aromatic carbocycles. The lowest BCUT2D eigenvalue weighted by molar-refractivity contribution is -0.117. The highest BCUT2D eigenvalue weighted by Crippen LogP contribution is 2.33. The van der Waals surface area contributed by atoms with Gasteiger partial charge < -0.3 is 10.1 Å². The molecule has 9 heteroatoms. The van der Waals surface area contributed by atoms with Crippen molar-refractivity contribution < 1.29 is 17.9 Å². The molecule has 0 aliphatic carbocycles. The summed E-state index contributed by atoms with van der Waals surface area (Å²) in [6.45, 7) is 2.77. The Labute approximate surface area is 169 Å². The zero-order chi connectivity index (χ0) is 19.8. The number of methoxy groups -OCH3 is 1. The van der Waals surface area contributed by atoms with Crippen molar-refractivity contribution in [2.45, 2.75) is 23.5 Å². The monoisotopic (exact) mass is 468 g/mol. The number of para-hydroxylation sites is 1. The van der Waals surface area contributed by atoms with Crippen LogP contribution < -0.4 is 10.1 Å². The van der Waals surface area contributed by atoms with Gasteiger partial charge in [-0.1, -0.05) is 33.3 Å². The summed E-state index contributed by atoms with van der Waals surface area (Å²) in [5.41, 5.74) is 0.619. The Morgan fingerprint density at radius 2 is 1.85 bits per heavy atom. The molecule has 142 valence electrons. The number of fused-ring (bicyclic) bond motifs is 1. The summed E-state index contributed by atoms with van der Waals surface area (Å²) in [5.74, 6) is -0.0607. The summed E-state index contributed by atoms with van der Waals surface area (Å²) in [7, 11) is -2.36. The van der Waals surface area contributed by atoms with Gasteiger partial charge in [0.05, 0.1) is 16.7 Å². The molecule has 1 N–H and O–H groups in total. The zero-order valence-electron chi connectivity index (χ0n) is 14.8. The van der Waals surface area contributed by atoms with Crippen molar-refractivity contribution >= 4 is 58.4 Å². The maximum Gasteiger partial charge on any atom is 0.247 e. The third kappa shape index (κ3) is 3.59. The molecule has 0 saturated heterocycles. The van der Waals surface area contributed by atoms with Gasteiger partial charge in [0, 0.05) is 4.47 Å². The second-order valence-electron chi connectivity index (χ2n) is 6.25. The van der Waals surface area contributed by atoms with Crippen molar-refractivity contribution in [2.75, 3.05) is 12.4 Å². The molecule has 27 heavy (non-hydrogen) atoms. The molecule has 0 bridgehead atoms. The lowest BCUT2D eigenvalue weighted by Crippen LogP contribution is -2.44. The highest BCUT2D eigenvalue weighted by Gasteiger charge is 2.43. The van der Waals surface area contributed by atoms with Gasteiger partial charge in [0.25, 0.3) is 0 Å². The molecule has 0 fully saturated rings. The van der Waals surface area contributed by atoms with E-state index in [1.165, 1.54) is 37.3 Å². The number of benzene rings is 2. The van der Waals surface area contributed by atoms with Gasteiger partial charge in [0.1, 0.15) is 16.0 Å². The third-order valence-electron chi connectivity index (χ3n) is 4.16. The van der Waals surface area contributed by atoms with Crippen LogP contribution in [0.4, 0.5) is 5.13 Å². The first-order valence-corrected chi connectivity index (χ1v) is 11.0. The van der Waals surface area contributed by atoms with E-state index in [4.69, 9.17) is 4.74 Å². The normalized spacial score (nSPS) is 12.1. The minimum Gasteiger partial charge on any atom is -0.494 e. The summed E-state index contributed by atoms with van der Waals surface area (Å²) < 4.78 is 31.1. The summed E-state index contributed by atoms with van der Waals surface area (Å²) in [5, 5.41) is 2.95. The van der Waals surface area contributed by atoms with Crippen LogP contribution in [-0.4, -0.2) is 31.2 Å². The molecular weight excluding hydrogens is 452 g/mol. The van der Waals surface area contributed by atoms with Gasteiger partial charge in [-0.3, -0.25) is 4.79 Å². The van der Waals surface area contributed by atoms with Gasteiger partial charge in [-0.2, -0.15) is 0 Å². The van der Waals surface area contributed by atoms with Crippen LogP contribution in [0.1, 0.15) is 13.8 Å². The van der Waals surface area contributed by atoms with Crippen LogP contribution in [-0.2, 0) is 14.6 Å². The smallest absolute Gasteiger partial charge is 0.247 e. The van der Waals surface area contributed by atoms with Crippen LogP contribution in [0.25, 0.3) is 10.2 Å². The predicted octanol–water partition coefficient (Wildman–Crippen LogP) is 4.26. The van der Waals surface area contributed by atoms with E-state index in [9.17, 15) is 13.2 Å². The Morgan fingerprint density at radius 3 is 2.48 bits per heavy atom. The number of ether oxygens (including phenoxy) is 1. The van der Waals surface area contributed by atoms with Crippen molar-refractivity contribution in [2.24, 2.45) is 0 Å². The number of aromatic nitrogens is 1. The molecule has 1 heterocycles. The Hall–Kier alpha value is -1.97. The van der Waals surface area contributed by atoms with Crippen LogP contribution >= 0.6 is 27.3 Å². The number of nitrogens with one attached hydrogen (secondary N) is 1. The summed E-state index contributed by atoms with van der Waals surface area (Å²) in [6.07, 6.45) is 0. The van der Waals surface area contributed by atoms with Crippen molar-refractivity contribution in [1.29, 1.82) is 0 Å². The lowest BCUT2D eigenvalue weighted by Gasteiger charge is -2.23. The summed E-state index contributed by atoms with van der Waals surface area (Å²) in [6, 6.07) is 11.6. The van der Waals surface area contributed by atoms with Crippen molar-refractivity contribution in [3.05, 3.63) is 46.9 Å². The molecule has 0 aliphatic rings. The van der Waals surface area contributed by atoms with Crippen LogP contribution in [0, 0.1) is 0 Å². The first kappa shape index (κ1) is 19.8. The Morgan fingerprint density at radius 1 is 1.19 bits per heavy atom. The van der Waals surface area contributed by atoms with Gasteiger partial charge in [0.2, 0.25) is 5.91 Å².